The zero-order chi connectivity index (χ0) is 10.5. The second kappa shape index (κ2) is 5.84. The predicted molar refractivity (Wildman–Crippen MR) is 69.5 cm³/mol. The molecule has 1 atom stereocenters. The molecule has 0 heterocycles. The minimum Gasteiger partial charge on any atom is -0.380 e. The number of halogens is 1. The molecule has 0 aromatic rings. The summed E-state index contributed by atoms with van der Waals surface area (Å²) in [5.74, 6) is 2.91. The molecule has 0 bridgehead atoms. The van der Waals surface area contributed by atoms with Gasteiger partial charge in [-0.05, 0) is 11.0 Å². The van der Waals surface area contributed by atoms with Gasteiger partial charge in [0.25, 0.3) is 0 Å². The molecule has 0 aliphatic rings. The maximum Gasteiger partial charge on any atom is 0.129 e. The van der Waals surface area contributed by atoms with E-state index in [0.717, 1.165) is 0 Å². The third-order valence-electron chi connectivity index (χ3n) is 1.32. The summed E-state index contributed by atoms with van der Waals surface area (Å²) in [6.45, 7) is 8.53. The molecule has 0 aromatic heterocycles. The molecule has 0 aliphatic carbocycles. The first-order chi connectivity index (χ1) is 5.85. The lowest BCUT2D eigenvalue weighted by molar-refractivity contribution is 0.233. The number of aliphatic hydroxyl groups is 1. The van der Waals surface area contributed by atoms with Gasteiger partial charge < -0.3 is 5.11 Å². The van der Waals surface area contributed by atoms with Crippen molar-refractivity contribution < 1.29 is 5.11 Å². The highest BCUT2D eigenvalue weighted by molar-refractivity contribution is 14.1. The molecular weight excluding hydrogens is 291 g/mol. The molecule has 0 fully saturated rings. The standard InChI is InChI=1S/C10H17IOSi/c1-9(8-11)7-10(12)5-6-13(2,3)4/h8,10,12H,7H2,1-4H3/b9-8-/t10-/m1/s1. The average Bonchev–Trinajstić information content (AvgIpc) is 1.99. The van der Waals surface area contributed by atoms with Gasteiger partial charge in [-0.1, -0.05) is 53.7 Å². The molecule has 0 unspecified atom stereocenters. The lowest BCUT2D eigenvalue weighted by atomic mass is 10.2. The van der Waals surface area contributed by atoms with Crippen LogP contribution in [0.15, 0.2) is 9.66 Å². The van der Waals surface area contributed by atoms with Crippen LogP contribution in [0.4, 0.5) is 0 Å². The van der Waals surface area contributed by atoms with Crippen molar-refractivity contribution in [3.63, 3.8) is 0 Å². The number of aliphatic hydroxyl groups excluding tert-OH is 1. The van der Waals surface area contributed by atoms with Crippen molar-refractivity contribution in [1.29, 1.82) is 0 Å². The van der Waals surface area contributed by atoms with E-state index in [4.69, 9.17) is 0 Å². The lowest BCUT2D eigenvalue weighted by Gasteiger charge is -2.06. The predicted octanol–water partition coefficient (Wildman–Crippen LogP) is 2.96. The van der Waals surface area contributed by atoms with Crippen LogP contribution in [-0.4, -0.2) is 19.3 Å². The molecular formula is C10H17IOSi. The highest BCUT2D eigenvalue weighted by Crippen LogP contribution is 2.07. The van der Waals surface area contributed by atoms with Crippen molar-refractivity contribution >= 4 is 30.7 Å². The molecule has 0 rings (SSSR count). The van der Waals surface area contributed by atoms with E-state index in [2.05, 4.69) is 53.7 Å². The zero-order valence-corrected chi connectivity index (χ0v) is 11.8. The van der Waals surface area contributed by atoms with Crippen LogP contribution < -0.4 is 0 Å². The quantitative estimate of drug-likeness (QED) is 0.472. The SMILES string of the molecule is C/C(=C/I)C[C@H](O)C#C[Si](C)(C)C. The van der Waals surface area contributed by atoms with E-state index in [1.807, 2.05) is 11.0 Å². The third kappa shape index (κ3) is 8.53. The van der Waals surface area contributed by atoms with Gasteiger partial charge in [-0.2, -0.15) is 0 Å². The van der Waals surface area contributed by atoms with E-state index >= 15 is 0 Å². The van der Waals surface area contributed by atoms with Gasteiger partial charge in [-0.25, -0.2) is 0 Å². The fourth-order valence-electron chi connectivity index (χ4n) is 0.700. The van der Waals surface area contributed by atoms with Crippen LogP contribution in [0.1, 0.15) is 13.3 Å². The largest absolute Gasteiger partial charge is 0.380 e. The van der Waals surface area contributed by atoms with Gasteiger partial charge in [0.2, 0.25) is 0 Å². The van der Waals surface area contributed by atoms with Crippen LogP contribution in [0.5, 0.6) is 0 Å². The molecule has 74 valence electrons. The Balaban J connectivity index is 4.13. The highest BCUT2D eigenvalue weighted by atomic mass is 127. The second-order valence-corrected chi connectivity index (χ2v) is 9.57. The molecule has 13 heavy (non-hydrogen) atoms. The fourth-order valence-corrected chi connectivity index (χ4v) is 1.55. The van der Waals surface area contributed by atoms with Crippen LogP contribution in [0.25, 0.3) is 0 Å². The summed E-state index contributed by atoms with van der Waals surface area (Å²) in [6, 6.07) is 0. The van der Waals surface area contributed by atoms with Gasteiger partial charge in [0.05, 0.1) is 0 Å². The molecule has 1 nitrogen and oxygen atoms in total. The lowest BCUT2D eigenvalue weighted by Crippen LogP contribution is -2.18. The Labute approximate surface area is 95.8 Å². The Bertz CT molecular complexity index is 242. The molecule has 0 spiro atoms. The highest BCUT2D eigenvalue weighted by Gasteiger charge is 2.08. The molecule has 0 saturated heterocycles. The van der Waals surface area contributed by atoms with Gasteiger partial charge >= 0.3 is 0 Å². The van der Waals surface area contributed by atoms with Crippen molar-refractivity contribution in [2.24, 2.45) is 0 Å². The first kappa shape index (κ1) is 13.2. The van der Waals surface area contributed by atoms with E-state index in [1.165, 1.54) is 5.57 Å². The van der Waals surface area contributed by atoms with Crippen molar-refractivity contribution in [3.8, 4) is 11.5 Å². The van der Waals surface area contributed by atoms with Crippen LogP contribution >= 0.6 is 22.6 Å². The Morgan fingerprint density at radius 3 is 2.46 bits per heavy atom. The van der Waals surface area contributed by atoms with Gasteiger partial charge in [-0.15, -0.1) is 5.54 Å². The number of rotatable bonds is 2. The zero-order valence-electron chi connectivity index (χ0n) is 8.69. The topological polar surface area (TPSA) is 20.2 Å². The van der Waals surface area contributed by atoms with E-state index in [-0.39, 0.29) is 0 Å². The second-order valence-electron chi connectivity index (χ2n) is 4.19. The third-order valence-corrected chi connectivity index (χ3v) is 3.27. The summed E-state index contributed by atoms with van der Waals surface area (Å²) in [4.78, 5) is 0. The molecule has 0 aromatic carbocycles. The van der Waals surface area contributed by atoms with Crippen LogP contribution in [0.2, 0.25) is 19.6 Å². The summed E-state index contributed by atoms with van der Waals surface area (Å²) < 4.78 is 1.98. The Morgan fingerprint density at radius 2 is 2.08 bits per heavy atom. The van der Waals surface area contributed by atoms with Crippen molar-refractivity contribution in [2.45, 2.75) is 39.1 Å². The van der Waals surface area contributed by atoms with Crippen molar-refractivity contribution in [1.82, 2.24) is 0 Å². The van der Waals surface area contributed by atoms with Crippen LogP contribution in [-0.2, 0) is 0 Å². The average molecular weight is 308 g/mol. The van der Waals surface area contributed by atoms with E-state index < -0.39 is 14.2 Å². The first-order valence-electron chi connectivity index (χ1n) is 4.32. The monoisotopic (exact) mass is 308 g/mol. The van der Waals surface area contributed by atoms with Gasteiger partial charge in [0, 0.05) is 6.42 Å². The summed E-state index contributed by atoms with van der Waals surface area (Å²) >= 11 is 2.18. The van der Waals surface area contributed by atoms with Crippen molar-refractivity contribution in [3.05, 3.63) is 9.66 Å². The Morgan fingerprint density at radius 1 is 1.54 bits per heavy atom. The number of hydrogen-bond donors (Lipinski definition) is 1. The van der Waals surface area contributed by atoms with Crippen LogP contribution in [0, 0.1) is 11.5 Å². The Hall–Kier alpha value is 0.207. The number of hydrogen-bond acceptors (Lipinski definition) is 1. The van der Waals surface area contributed by atoms with E-state index in [1.54, 1.807) is 0 Å². The first-order valence-corrected chi connectivity index (χ1v) is 9.06. The van der Waals surface area contributed by atoms with E-state index in [0.29, 0.717) is 6.42 Å². The molecule has 0 aliphatic heterocycles. The maximum atomic E-state index is 9.52. The minimum absolute atomic E-state index is 0.488. The molecule has 3 heteroatoms. The van der Waals surface area contributed by atoms with Gasteiger partial charge in [-0.3, -0.25) is 0 Å². The molecule has 0 amide bonds. The maximum absolute atomic E-state index is 9.52. The summed E-state index contributed by atoms with van der Waals surface area (Å²) in [7, 11) is -1.32. The van der Waals surface area contributed by atoms with E-state index in [9.17, 15) is 5.11 Å². The normalized spacial score (nSPS) is 14.8. The Kier molecular flexibility index (Phi) is 5.93. The minimum atomic E-state index is -1.32. The summed E-state index contributed by atoms with van der Waals surface area (Å²) in [5.41, 5.74) is 4.34. The summed E-state index contributed by atoms with van der Waals surface area (Å²) in [5, 5.41) is 9.52. The smallest absolute Gasteiger partial charge is 0.129 e. The van der Waals surface area contributed by atoms with Gasteiger partial charge in [0.1, 0.15) is 14.2 Å². The molecule has 1 N–H and O–H groups in total. The van der Waals surface area contributed by atoms with Crippen molar-refractivity contribution in [2.75, 3.05) is 0 Å². The summed E-state index contributed by atoms with van der Waals surface area (Å²) in [6.07, 6.45) is 0.179. The molecule has 0 saturated carbocycles. The fraction of sp³-hybridized carbons (Fsp3) is 0.600. The molecule has 0 radical (unpaired) electrons. The van der Waals surface area contributed by atoms with Gasteiger partial charge in [0.15, 0.2) is 0 Å². The van der Waals surface area contributed by atoms with Crippen LogP contribution in [0.3, 0.4) is 0 Å².